The van der Waals surface area contributed by atoms with Gasteiger partial charge >= 0.3 is 5.97 Å². The summed E-state index contributed by atoms with van der Waals surface area (Å²) in [4.78, 5) is 27.0. The zero-order valence-corrected chi connectivity index (χ0v) is 10.9. The molecular weight excluding hydrogens is 244 g/mol. The van der Waals surface area contributed by atoms with Crippen LogP contribution in [-0.4, -0.2) is 22.0 Å². The molecule has 102 valence electrons. The van der Waals surface area contributed by atoms with E-state index in [-0.39, 0.29) is 23.8 Å². The number of nitrogens with one attached hydrogen (secondary N) is 1. The van der Waals surface area contributed by atoms with Crippen molar-refractivity contribution in [3.05, 3.63) is 30.1 Å². The van der Waals surface area contributed by atoms with E-state index in [9.17, 15) is 9.59 Å². The first-order chi connectivity index (χ1) is 9.08. The van der Waals surface area contributed by atoms with Crippen LogP contribution in [0.2, 0.25) is 0 Å². The van der Waals surface area contributed by atoms with Crippen LogP contribution in [0, 0.1) is 11.8 Å². The Kier molecular flexibility index (Phi) is 4.14. The Morgan fingerprint density at radius 1 is 1.42 bits per heavy atom. The van der Waals surface area contributed by atoms with E-state index in [1.165, 1.54) is 0 Å². The second kappa shape index (κ2) is 5.82. The van der Waals surface area contributed by atoms with E-state index in [0.29, 0.717) is 19.3 Å². The highest BCUT2D eigenvalue weighted by Crippen LogP contribution is 2.31. The lowest BCUT2D eigenvalue weighted by Gasteiger charge is -2.17. The van der Waals surface area contributed by atoms with Gasteiger partial charge in [0.15, 0.2) is 0 Å². The van der Waals surface area contributed by atoms with Gasteiger partial charge in [0.25, 0.3) is 0 Å². The van der Waals surface area contributed by atoms with Crippen LogP contribution in [0.3, 0.4) is 0 Å². The van der Waals surface area contributed by atoms with Crippen LogP contribution in [0.1, 0.15) is 37.8 Å². The van der Waals surface area contributed by atoms with E-state index in [4.69, 9.17) is 5.11 Å². The molecule has 1 heterocycles. The maximum absolute atomic E-state index is 12.1. The quantitative estimate of drug-likeness (QED) is 0.866. The van der Waals surface area contributed by atoms with Gasteiger partial charge in [-0.3, -0.25) is 14.6 Å². The molecule has 0 aromatic carbocycles. The minimum absolute atomic E-state index is 0.0555. The van der Waals surface area contributed by atoms with E-state index < -0.39 is 5.97 Å². The second-order valence-corrected chi connectivity index (χ2v) is 5.06. The van der Waals surface area contributed by atoms with Gasteiger partial charge < -0.3 is 10.4 Å². The molecule has 0 aliphatic heterocycles. The molecule has 0 spiro atoms. The number of amides is 1. The summed E-state index contributed by atoms with van der Waals surface area (Å²) >= 11 is 0. The number of aliphatic carboxylic acids is 1. The zero-order chi connectivity index (χ0) is 13.8. The number of hydrogen-bond acceptors (Lipinski definition) is 3. The second-order valence-electron chi connectivity index (χ2n) is 5.06. The molecule has 0 bridgehead atoms. The van der Waals surface area contributed by atoms with Gasteiger partial charge in [0.05, 0.1) is 12.0 Å². The first-order valence-electron chi connectivity index (χ1n) is 6.51. The Balaban J connectivity index is 1.90. The fourth-order valence-corrected chi connectivity index (χ4v) is 2.49. The molecule has 5 nitrogen and oxygen atoms in total. The standard InChI is InChI=1S/C14H18N2O3/c1-9(12-3-2-6-15-8-12)16-13(17)10-4-5-11(7-10)14(18)19/h2-3,6,8-11H,4-5,7H2,1H3,(H,16,17)(H,18,19)/t9-,10?,11?/m1/s1. The summed E-state index contributed by atoms with van der Waals surface area (Å²) in [6.45, 7) is 1.90. The van der Waals surface area contributed by atoms with Crippen molar-refractivity contribution in [3.63, 3.8) is 0 Å². The third kappa shape index (κ3) is 3.30. The lowest BCUT2D eigenvalue weighted by molar-refractivity contribution is -0.141. The van der Waals surface area contributed by atoms with Gasteiger partial charge in [-0.25, -0.2) is 0 Å². The van der Waals surface area contributed by atoms with Crippen molar-refractivity contribution in [1.82, 2.24) is 10.3 Å². The number of carboxylic acid groups (broad SMARTS) is 1. The number of nitrogens with zero attached hydrogens (tertiary/aromatic N) is 1. The van der Waals surface area contributed by atoms with Gasteiger partial charge in [-0.05, 0) is 37.8 Å². The summed E-state index contributed by atoms with van der Waals surface area (Å²) < 4.78 is 0. The van der Waals surface area contributed by atoms with E-state index in [2.05, 4.69) is 10.3 Å². The van der Waals surface area contributed by atoms with Crippen LogP contribution in [0.25, 0.3) is 0 Å². The highest BCUT2D eigenvalue weighted by atomic mass is 16.4. The predicted molar refractivity (Wildman–Crippen MR) is 69.3 cm³/mol. The molecule has 2 rings (SSSR count). The van der Waals surface area contributed by atoms with Gasteiger partial charge in [-0.1, -0.05) is 6.07 Å². The zero-order valence-electron chi connectivity index (χ0n) is 10.9. The lowest BCUT2D eigenvalue weighted by atomic mass is 10.0. The minimum Gasteiger partial charge on any atom is -0.481 e. The Morgan fingerprint density at radius 2 is 2.16 bits per heavy atom. The Morgan fingerprint density at radius 3 is 2.74 bits per heavy atom. The van der Waals surface area contributed by atoms with Crippen molar-refractivity contribution in [2.24, 2.45) is 11.8 Å². The summed E-state index contributed by atoms with van der Waals surface area (Å²) in [7, 11) is 0. The smallest absolute Gasteiger partial charge is 0.306 e. The monoisotopic (exact) mass is 262 g/mol. The third-order valence-corrected chi connectivity index (χ3v) is 3.70. The molecule has 5 heteroatoms. The summed E-state index contributed by atoms with van der Waals surface area (Å²) in [6, 6.07) is 3.63. The molecule has 3 atom stereocenters. The maximum atomic E-state index is 12.1. The predicted octanol–water partition coefficient (Wildman–Crippen LogP) is 1.76. The molecule has 0 radical (unpaired) electrons. The van der Waals surface area contributed by atoms with Crippen molar-refractivity contribution in [2.75, 3.05) is 0 Å². The molecule has 19 heavy (non-hydrogen) atoms. The Bertz CT molecular complexity index is 461. The van der Waals surface area contributed by atoms with Crippen LogP contribution in [0.15, 0.2) is 24.5 Å². The van der Waals surface area contributed by atoms with Gasteiger partial charge in [0.2, 0.25) is 5.91 Å². The van der Waals surface area contributed by atoms with Crippen molar-refractivity contribution >= 4 is 11.9 Å². The van der Waals surface area contributed by atoms with E-state index in [0.717, 1.165) is 5.56 Å². The van der Waals surface area contributed by atoms with Gasteiger partial charge in [0.1, 0.15) is 0 Å². The van der Waals surface area contributed by atoms with Gasteiger partial charge in [-0.2, -0.15) is 0 Å². The SMILES string of the molecule is C[C@@H](NC(=O)C1CCC(C(=O)O)C1)c1cccnc1. The maximum Gasteiger partial charge on any atom is 0.306 e. The summed E-state index contributed by atoms with van der Waals surface area (Å²) in [5.74, 6) is -1.40. The van der Waals surface area contributed by atoms with Crippen LogP contribution in [0.4, 0.5) is 0 Å². The molecule has 1 aromatic heterocycles. The third-order valence-electron chi connectivity index (χ3n) is 3.70. The summed E-state index contributed by atoms with van der Waals surface area (Å²) in [6.07, 6.45) is 5.10. The number of carboxylic acids is 1. The number of aromatic nitrogens is 1. The first-order valence-corrected chi connectivity index (χ1v) is 6.51. The first kappa shape index (κ1) is 13.5. The molecule has 1 aromatic rings. The molecule has 2 unspecified atom stereocenters. The van der Waals surface area contributed by atoms with E-state index in [1.54, 1.807) is 12.4 Å². The van der Waals surface area contributed by atoms with E-state index >= 15 is 0 Å². The normalized spacial score (nSPS) is 23.8. The summed E-state index contributed by atoms with van der Waals surface area (Å²) in [5, 5.41) is 11.9. The highest BCUT2D eigenvalue weighted by molar-refractivity contribution is 5.81. The fourth-order valence-electron chi connectivity index (χ4n) is 2.49. The molecule has 1 aliphatic rings. The van der Waals surface area contributed by atoms with Crippen LogP contribution in [-0.2, 0) is 9.59 Å². The number of carbonyl (C=O) groups excluding carboxylic acids is 1. The number of rotatable bonds is 4. The minimum atomic E-state index is -0.796. The molecule has 2 N–H and O–H groups in total. The van der Waals surface area contributed by atoms with Crippen LogP contribution >= 0.6 is 0 Å². The Hall–Kier alpha value is -1.91. The molecule has 1 amide bonds. The van der Waals surface area contributed by atoms with Crippen LogP contribution in [0.5, 0.6) is 0 Å². The number of hydrogen-bond donors (Lipinski definition) is 2. The molecular formula is C14H18N2O3. The number of carbonyl (C=O) groups is 2. The topological polar surface area (TPSA) is 79.3 Å². The fraction of sp³-hybridized carbons (Fsp3) is 0.500. The van der Waals surface area contributed by atoms with E-state index in [1.807, 2.05) is 19.1 Å². The average molecular weight is 262 g/mol. The molecule has 1 fully saturated rings. The van der Waals surface area contributed by atoms with Crippen molar-refractivity contribution in [3.8, 4) is 0 Å². The number of pyridine rings is 1. The van der Waals surface area contributed by atoms with Crippen molar-refractivity contribution in [1.29, 1.82) is 0 Å². The van der Waals surface area contributed by atoms with Crippen LogP contribution < -0.4 is 5.32 Å². The Labute approximate surface area is 112 Å². The molecule has 0 saturated heterocycles. The average Bonchev–Trinajstić information content (AvgIpc) is 2.89. The van der Waals surface area contributed by atoms with Gasteiger partial charge in [-0.15, -0.1) is 0 Å². The lowest BCUT2D eigenvalue weighted by Crippen LogP contribution is -2.32. The van der Waals surface area contributed by atoms with Crippen molar-refractivity contribution in [2.45, 2.75) is 32.2 Å². The molecule has 1 saturated carbocycles. The van der Waals surface area contributed by atoms with Crippen molar-refractivity contribution < 1.29 is 14.7 Å². The molecule has 1 aliphatic carbocycles. The van der Waals surface area contributed by atoms with Gasteiger partial charge in [0, 0.05) is 18.3 Å². The largest absolute Gasteiger partial charge is 0.481 e. The summed E-state index contributed by atoms with van der Waals surface area (Å²) in [5.41, 5.74) is 0.948. The highest BCUT2D eigenvalue weighted by Gasteiger charge is 2.34.